The fourth-order valence-electron chi connectivity index (χ4n) is 2.19. The monoisotopic (exact) mass is 246 g/mol. The third-order valence-corrected chi connectivity index (χ3v) is 3.39. The van der Waals surface area contributed by atoms with Gasteiger partial charge in [0.25, 0.3) is 0 Å². The van der Waals surface area contributed by atoms with Crippen molar-refractivity contribution in [2.75, 3.05) is 0 Å². The van der Waals surface area contributed by atoms with Gasteiger partial charge in [0.2, 0.25) is 0 Å². The lowest BCUT2D eigenvalue weighted by atomic mass is 9.86. The Hall–Kier alpha value is -1.11. The summed E-state index contributed by atoms with van der Waals surface area (Å²) in [6.45, 7) is 10.9. The molecule has 1 atom stereocenters. The summed E-state index contributed by atoms with van der Waals surface area (Å²) in [4.78, 5) is 12.1. The molecule has 0 heterocycles. The number of rotatable bonds is 5. The van der Waals surface area contributed by atoms with E-state index in [9.17, 15) is 4.79 Å². The van der Waals surface area contributed by atoms with E-state index >= 15 is 0 Å². The molecule has 1 aromatic rings. The van der Waals surface area contributed by atoms with Gasteiger partial charge in [-0.3, -0.25) is 4.79 Å². The fraction of sp³-hybridized carbons (Fsp3) is 0.588. The van der Waals surface area contributed by atoms with Crippen molar-refractivity contribution < 1.29 is 4.79 Å². The first-order valence-electron chi connectivity index (χ1n) is 6.98. The highest BCUT2D eigenvalue weighted by Gasteiger charge is 2.15. The van der Waals surface area contributed by atoms with Crippen LogP contribution in [0.4, 0.5) is 0 Å². The molecule has 100 valence electrons. The second-order valence-electron chi connectivity index (χ2n) is 6.35. The second kappa shape index (κ2) is 6.17. The SMILES string of the molecule is CCCC(C)CC(=O)c1ccc(C(C)(C)C)cc1. The zero-order valence-electron chi connectivity index (χ0n) is 12.4. The predicted molar refractivity (Wildman–Crippen MR) is 78.2 cm³/mol. The van der Waals surface area contributed by atoms with Crippen molar-refractivity contribution in [1.82, 2.24) is 0 Å². The van der Waals surface area contributed by atoms with E-state index < -0.39 is 0 Å². The molecule has 1 nitrogen and oxygen atoms in total. The number of benzene rings is 1. The molecule has 0 aliphatic carbocycles. The van der Waals surface area contributed by atoms with Gasteiger partial charge in [-0.15, -0.1) is 0 Å². The minimum atomic E-state index is 0.150. The van der Waals surface area contributed by atoms with Crippen molar-refractivity contribution in [3.05, 3.63) is 35.4 Å². The first-order valence-corrected chi connectivity index (χ1v) is 6.98. The zero-order valence-corrected chi connectivity index (χ0v) is 12.4. The number of Topliss-reactive ketones (excluding diaryl/α,β-unsaturated/α-hetero) is 1. The molecular weight excluding hydrogens is 220 g/mol. The molecule has 1 aromatic carbocycles. The molecule has 0 aromatic heterocycles. The largest absolute Gasteiger partial charge is 0.294 e. The summed E-state index contributed by atoms with van der Waals surface area (Å²) >= 11 is 0. The molecule has 0 saturated heterocycles. The van der Waals surface area contributed by atoms with Gasteiger partial charge in [0.1, 0.15) is 0 Å². The van der Waals surface area contributed by atoms with Gasteiger partial charge in [0.15, 0.2) is 5.78 Å². The number of hydrogen-bond acceptors (Lipinski definition) is 1. The molecule has 1 unspecified atom stereocenters. The van der Waals surface area contributed by atoms with Gasteiger partial charge in [-0.25, -0.2) is 0 Å². The Balaban J connectivity index is 2.71. The van der Waals surface area contributed by atoms with E-state index in [0.29, 0.717) is 12.3 Å². The Morgan fingerprint density at radius 1 is 1.17 bits per heavy atom. The molecule has 0 aliphatic rings. The van der Waals surface area contributed by atoms with Crippen molar-refractivity contribution in [3.63, 3.8) is 0 Å². The number of carbonyl (C=O) groups excluding carboxylic acids is 1. The van der Waals surface area contributed by atoms with E-state index in [1.165, 1.54) is 5.56 Å². The minimum absolute atomic E-state index is 0.150. The standard InChI is InChI=1S/C17H26O/c1-6-7-13(2)12-16(18)14-8-10-15(11-9-14)17(3,4)5/h8-11,13H,6-7,12H2,1-5H3. The minimum Gasteiger partial charge on any atom is -0.294 e. The normalized spacial score (nSPS) is 13.4. The number of carbonyl (C=O) groups is 1. The molecule has 0 saturated carbocycles. The van der Waals surface area contributed by atoms with Crippen LogP contribution in [0.3, 0.4) is 0 Å². The van der Waals surface area contributed by atoms with Crippen molar-refractivity contribution >= 4 is 5.78 Å². The zero-order chi connectivity index (χ0) is 13.8. The van der Waals surface area contributed by atoms with Crippen LogP contribution in [0.15, 0.2) is 24.3 Å². The van der Waals surface area contributed by atoms with E-state index in [2.05, 4.69) is 46.8 Å². The van der Waals surface area contributed by atoms with Crippen LogP contribution in [-0.4, -0.2) is 5.78 Å². The lowest BCUT2D eigenvalue weighted by molar-refractivity contribution is 0.0962. The van der Waals surface area contributed by atoms with Crippen LogP contribution >= 0.6 is 0 Å². The Morgan fingerprint density at radius 2 is 1.72 bits per heavy atom. The quantitative estimate of drug-likeness (QED) is 0.669. The van der Waals surface area contributed by atoms with Gasteiger partial charge in [-0.1, -0.05) is 71.7 Å². The molecule has 0 amide bonds. The lowest BCUT2D eigenvalue weighted by Gasteiger charge is -2.19. The maximum Gasteiger partial charge on any atom is 0.163 e. The van der Waals surface area contributed by atoms with Gasteiger partial charge >= 0.3 is 0 Å². The summed E-state index contributed by atoms with van der Waals surface area (Å²) in [6, 6.07) is 8.11. The molecule has 0 N–H and O–H groups in total. The van der Waals surface area contributed by atoms with Gasteiger partial charge in [-0.2, -0.15) is 0 Å². The average molecular weight is 246 g/mol. The van der Waals surface area contributed by atoms with Crippen molar-refractivity contribution in [3.8, 4) is 0 Å². The Morgan fingerprint density at radius 3 is 2.17 bits per heavy atom. The highest BCUT2D eigenvalue weighted by molar-refractivity contribution is 5.96. The summed E-state index contributed by atoms with van der Waals surface area (Å²) < 4.78 is 0. The molecular formula is C17H26O. The smallest absolute Gasteiger partial charge is 0.163 e. The first-order chi connectivity index (χ1) is 8.34. The summed E-state index contributed by atoms with van der Waals surface area (Å²) in [7, 11) is 0. The molecule has 1 rings (SSSR count). The predicted octanol–water partition coefficient (Wildman–Crippen LogP) is 4.99. The van der Waals surface area contributed by atoms with Gasteiger partial charge in [0, 0.05) is 12.0 Å². The highest BCUT2D eigenvalue weighted by atomic mass is 16.1. The summed E-state index contributed by atoms with van der Waals surface area (Å²) in [5.74, 6) is 0.765. The van der Waals surface area contributed by atoms with Crippen LogP contribution in [0.1, 0.15) is 69.8 Å². The maximum atomic E-state index is 12.1. The lowest BCUT2D eigenvalue weighted by Crippen LogP contribution is -2.12. The van der Waals surface area contributed by atoms with E-state index in [0.717, 1.165) is 18.4 Å². The molecule has 0 aliphatic heterocycles. The van der Waals surface area contributed by atoms with Crippen LogP contribution in [-0.2, 0) is 5.41 Å². The van der Waals surface area contributed by atoms with Gasteiger partial charge < -0.3 is 0 Å². The molecule has 0 fully saturated rings. The van der Waals surface area contributed by atoms with Crippen LogP contribution in [0, 0.1) is 5.92 Å². The van der Waals surface area contributed by atoms with E-state index in [1.807, 2.05) is 12.1 Å². The molecule has 0 spiro atoms. The van der Waals surface area contributed by atoms with Crippen molar-refractivity contribution in [2.24, 2.45) is 5.92 Å². The molecule has 1 heteroatoms. The summed E-state index contributed by atoms with van der Waals surface area (Å²) in [5, 5.41) is 0. The van der Waals surface area contributed by atoms with E-state index in [4.69, 9.17) is 0 Å². The van der Waals surface area contributed by atoms with Crippen LogP contribution in [0.2, 0.25) is 0 Å². The molecule has 0 radical (unpaired) electrons. The summed E-state index contributed by atoms with van der Waals surface area (Å²) in [6.07, 6.45) is 2.95. The number of hydrogen-bond donors (Lipinski definition) is 0. The maximum absolute atomic E-state index is 12.1. The Kier molecular flexibility index (Phi) is 5.13. The molecule has 18 heavy (non-hydrogen) atoms. The highest BCUT2D eigenvalue weighted by Crippen LogP contribution is 2.23. The van der Waals surface area contributed by atoms with Crippen LogP contribution in [0.25, 0.3) is 0 Å². The van der Waals surface area contributed by atoms with Gasteiger partial charge in [-0.05, 0) is 16.9 Å². The first kappa shape index (κ1) is 14.9. The third kappa shape index (κ3) is 4.29. The van der Waals surface area contributed by atoms with E-state index in [-0.39, 0.29) is 11.2 Å². The second-order valence-corrected chi connectivity index (χ2v) is 6.35. The molecule has 0 bridgehead atoms. The third-order valence-electron chi connectivity index (χ3n) is 3.39. The van der Waals surface area contributed by atoms with E-state index in [1.54, 1.807) is 0 Å². The Labute approximate surface area is 112 Å². The van der Waals surface area contributed by atoms with Crippen LogP contribution in [0.5, 0.6) is 0 Å². The average Bonchev–Trinajstić information content (AvgIpc) is 2.28. The van der Waals surface area contributed by atoms with Crippen LogP contribution < -0.4 is 0 Å². The summed E-state index contributed by atoms with van der Waals surface area (Å²) in [5.41, 5.74) is 2.28. The van der Waals surface area contributed by atoms with Crippen molar-refractivity contribution in [1.29, 1.82) is 0 Å². The topological polar surface area (TPSA) is 17.1 Å². The van der Waals surface area contributed by atoms with Gasteiger partial charge in [0.05, 0.1) is 0 Å². The fourth-order valence-corrected chi connectivity index (χ4v) is 2.19. The number of ketones is 1. The van der Waals surface area contributed by atoms with Crippen molar-refractivity contribution in [2.45, 2.75) is 59.3 Å². The Bertz CT molecular complexity index is 381.